The molecule has 0 bridgehead atoms. The van der Waals surface area contributed by atoms with Crippen LogP contribution in [0.25, 0.3) is 0 Å². The van der Waals surface area contributed by atoms with E-state index in [-0.39, 0.29) is 37.8 Å². The van der Waals surface area contributed by atoms with Gasteiger partial charge in [-0.25, -0.2) is 4.79 Å². The summed E-state index contributed by atoms with van der Waals surface area (Å²) < 4.78 is 5.13. The fourth-order valence-corrected chi connectivity index (χ4v) is 3.65. The number of amides is 4. The molecule has 1 saturated heterocycles. The molecule has 8 nitrogen and oxygen atoms in total. The molecule has 0 radical (unpaired) electrons. The Hall–Kier alpha value is -3.39. The predicted molar refractivity (Wildman–Crippen MR) is 119 cm³/mol. The van der Waals surface area contributed by atoms with Crippen LogP contribution < -0.4 is 15.4 Å². The number of imide groups is 1. The van der Waals surface area contributed by atoms with Gasteiger partial charge in [0.1, 0.15) is 11.8 Å². The maximum Gasteiger partial charge on any atom is 0.324 e. The van der Waals surface area contributed by atoms with E-state index in [9.17, 15) is 19.5 Å². The molecule has 0 aliphatic carbocycles. The molecule has 1 aliphatic heterocycles. The van der Waals surface area contributed by atoms with E-state index in [1.807, 2.05) is 54.6 Å². The van der Waals surface area contributed by atoms with Gasteiger partial charge in [0.25, 0.3) is 5.91 Å². The summed E-state index contributed by atoms with van der Waals surface area (Å²) in [5, 5.41) is 15.0. The van der Waals surface area contributed by atoms with E-state index >= 15 is 0 Å². The van der Waals surface area contributed by atoms with Crippen LogP contribution >= 0.6 is 0 Å². The van der Waals surface area contributed by atoms with Crippen molar-refractivity contribution in [1.29, 1.82) is 0 Å². The number of hydrogen-bond acceptors (Lipinski definition) is 5. The molecule has 2 aromatic carbocycles. The SMILES string of the molecule is COc1ccc(CCN2C(=O)N[C@@H](CCC(=O)N[C@H](CO)Cc3ccccc3)C2=O)cc1. The summed E-state index contributed by atoms with van der Waals surface area (Å²) in [4.78, 5) is 38.4. The molecular weight excluding hydrogens is 410 g/mol. The second-order valence-electron chi connectivity index (χ2n) is 7.77. The van der Waals surface area contributed by atoms with Crippen molar-refractivity contribution in [2.24, 2.45) is 0 Å². The highest BCUT2D eigenvalue weighted by Gasteiger charge is 2.37. The second-order valence-corrected chi connectivity index (χ2v) is 7.77. The first-order chi connectivity index (χ1) is 15.5. The molecule has 3 rings (SSSR count). The van der Waals surface area contributed by atoms with Crippen molar-refractivity contribution in [3.8, 4) is 5.75 Å². The lowest BCUT2D eigenvalue weighted by molar-refractivity contribution is -0.127. The minimum atomic E-state index is -0.717. The highest BCUT2D eigenvalue weighted by Crippen LogP contribution is 2.15. The van der Waals surface area contributed by atoms with Gasteiger partial charge in [-0.2, -0.15) is 0 Å². The molecule has 0 spiro atoms. The van der Waals surface area contributed by atoms with Crippen molar-refractivity contribution < 1.29 is 24.2 Å². The summed E-state index contributed by atoms with van der Waals surface area (Å²) in [6.45, 7) is 0.0855. The Morgan fingerprint density at radius 1 is 1.12 bits per heavy atom. The van der Waals surface area contributed by atoms with E-state index in [1.54, 1.807) is 7.11 Å². The Morgan fingerprint density at radius 3 is 2.50 bits per heavy atom. The number of ether oxygens (including phenoxy) is 1. The molecule has 0 unspecified atom stereocenters. The second kappa shape index (κ2) is 11.3. The number of nitrogens with zero attached hydrogens (tertiary/aromatic N) is 1. The van der Waals surface area contributed by atoms with Crippen LogP contribution in [0.3, 0.4) is 0 Å². The summed E-state index contributed by atoms with van der Waals surface area (Å²) in [5.41, 5.74) is 2.00. The minimum Gasteiger partial charge on any atom is -0.497 e. The van der Waals surface area contributed by atoms with Crippen molar-refractivity contribution in [2.75, 3.05) is 20.3 Å². The first-order valence-electron chi connectivity index (χ1n) is 10.7. The molecule has 8 heteroatoms. The number of methoxy groups -OCH3 is 1. The molecule has 0 saturated carbocycles. The van der Waals surface area contributed by atoms with Crippen LogP contribution in [0.4, 0.5) is 4.79 Å². The number of hydrogen-bond donors (Lipinski definition) is 3. The van der Waals surface area contributed by atoms with Crippen LogP contribution in [0, 0.1) is 0 Å². The van der Waals surface area contributed by atoms with Gasteiger partial charge >= 0.3 is 6.03 Å². The normalized spacial score (nSPS) is 16.6. The summed E-state index contributed by atoms with van der Waals surface area (Å²) >= 11 is 0. The van der Waals surface area contributed by atoms with E-state index in [0.717, 1.165) is 16.9 Å². The summed E-state index contributed by atoms with van der Waals surface area (Å²) in [7, 11) is 1.59. The fraction of sp³-hybridized carbons (Fsp3) is 0.375. The zero-order chi connectivity index (χ0) is 22.9. The lowest BCUT2D eigenvalue weighted by Crippen LogP contribution is -2.40. The third kappa shape index (κ3) is 6.31. The number of aliphatic hydroxyl groups excluding tert-OH is 1. The number of aliphatic hydroxyl groups is 1. The number of carbonyl (C=O) groups is 3. The van der Waals surface area contributed by atoms with Gasteiger partial charge in [-0.1, -0.05) is 42.5 Å². The van der Waals surface area contributed by atoms with Crippen molar-refractivity contribution in [3.05, 3.63) is 65.7 Å². The van der Waals surface area contributed by atoms with E-state index in [0.29, 0.717) is 12.8 Å². The largest absolute Gasteiger partial charge is 0.497 e. The van der Waals surface area contributed by atoms with Gasteiger partial charge in [-0.05, 0) is 42.5 Å². The zero-order valence-corrected chi connectivity index (χ0v) is 18.1. The first-order valence-corrected chi connectivity index (χ1v) is 10.7. The van der Waals surface area contributed by atoms with Gasteiger partial charge in [0.15, 0.2) is 0 Å². The van der Waals surface area contributed by atoms with Gasteiger partial charge in [0.05, 0.1) is 19.8 Å². The third-order valence-corrected chi connectivity index (χ3v) is 5.46. The number of carbonyl (C=O) groups excluding carboxylic acids is 3. The van der Waals surface area contributed by atoms with Crippen molar-refractivity contribution in [1.82, 2.24) is 15.5 Å². The first kappa shape index (κ1) is 23.3. The van der Waals surface area contributed by atoms with Gasteiger partial charge in [0.2, 0.25) is 5.91 Å². The summed E-state index contributed by atoms with van der Waals surface area (Å²) in [6.07, 6.45) is 1.34. The van der Waals surface area contributed by atoms with Crippen LogP contribution in [-0.2, 0) is 22.4 Å². The lowest BCUT2D eigenvalue weighted by atomic mass is 10.1. The van der Waals surface area contributed by atoms with Crippen LogP contribution in [-0.4, -0.2) is 60.2 Å². The average Bonchev–Trinajstić information content (AvgIpc) is 3.09. The molecule has 1 aliphatic rings. The Labute approximate surface area is 187 Å². The Balaban J connectivity index is 1.45. The Kier molecular flexibility index (Phi) is 8.21. The number of nitrogens with one attached hydrogen (secondary N) is 2. The monoisotopic (exact) mass is 439 g/mol. The van der Waals surface area contributed by atoms with Crippen molar-refractivity contribution in [2.45, 2.75) is 37.8 Å². The highest BCUT2D eigenvalue weighted by molar-refractivity contribution is 6.04. The smallest absolute Gasteiger partial charge is 0.324 e. The van der Waals surface area contributed by atoms with Gasteiger partial charge in [0, 0.05) is 13.0 Å². The molecule has 32 heavy (non-hydrogen) atoms. The maximum atomic E-state index is 12.6. The number of urea groups is 1. The van der Waals surface area contributed by atoms with E-state index < -0.39 is 18.1 Å². The zero-order valence-electron chi connectivity index (χ0n) is 18.1. The van der Waals surface area contributed by atoms with E-state index in [4.69, 9.17) is 4.74 Å². The average molecular weight is 440 g/mol. The fourth-order valence-electron chi connectivity index (χ4n) is 3.65. The van der Waals surface area contributed by atoms with E-state index in [1.165, 1.54) is 4.90 Å². The van der Waals surface area contributed by atoms with Crippen molar-refractivity contribution in [3.63, 3.8) is 0 Å². The number of benzene rings is 2. The molecular formula is C24H29N3O5. The predicted octanol–water partition coefficient (Wildman–Crippen LogP) is 1.66. The molecule has 4 amide bonds. The minimum absolute atomic E-state index is 0.0777. The quantitative estimate of drug-likeness (QED) is 0.462. The molecule has 170 valence electrons. The van der Waals surface area contributed by atoms with Crippen LogP contribution in [0.2, 0.25) is 0 Å². The Morgan fingerprint density at radius 2 is 1.84 bits per heavy atom. The number of rotatable bonds is 11. The topological polar surface area (TPSA) is 108 Å². The van der Waals surface area contributed by atoms with Gasteiger partial charge < -0.3 is 20.5 Å². The standard InChI is InChI=1S/C24H29N3O5/c1-32-20-9-7-17(8-10-20)13-14-27-23(30)21(26-24(27)31)11-12-22(29)25-19(16-28)15-18-5-3-2-4-6-18/h2-10,19,21,28H,11-16H2,1H3,(H,25,29)(H,26,31)/t19-,21-/m0/s1. The van der Waals surface area contributed by atoms with E-state index in [2.05, 4.69) is 10.6 Å². The van der Waals surface area contributed by atoms with Crippen LogP contribution in [0.15, 0.2) is 54.6 Å². The Bertz CT molecular complexity index is 917. The van der Waals surface area contributed by atoms with Crippen LogP contribution in [0.5, 0.6) is 5.75 Å². The van der Waals surface area contributed by atoms with Gasteiger partial charge in [-0.3, -0.25) is 14.5 Å². The summed E-state index contributed by atoms with van der Waals surface area (Å²) in [6, 6.07) is 15.5. The molecule has 0 aromatic heterocycles. The van der Waals surface area contributed by atoms with Crippen LogP contribution in [0.1, 0.15) is 24.0 Å². The molecule has 2 aromatic rings. The van der Waals surface area contributed by atoms with Gasteiger partial charge in [-0.15, -0.1) is 0 Å². The van der Waals surface area contributed by atoms with Crippen molar-refractivity contribution >= 4 is 17.8 Å². The maximum absolute atomic E-state index is 12.6. The summed E-state index contributed by atoms with van der Waals surface area (Å²) in [5.74, 6) is 0.160. The lowest BCUT2D eigenvalue weighted by Gasteiger charge is -2.17. The molecule has 1 fully saturated rings. The molecule has 3 N–H and O–H groups in total. The molecule has 2 atom stereocenters. The molecule has 1 heterocycles. The third-order valence-electron chi connectivity index (χ3n) is 5.46. The highest BCUT2D eigenvalue weighted by atomic mass is 16.5.